The van der Waals surface area contributed by atoms with Crippen molar-refractivity contribution in [3.63, 3.8) is 0 Å². The number of carbonyl (C=O) groups excluding carboxylic acids is 2. The monoisotopic (exact) mass is 600 g/mol. The van der Waals surface area contributed by atoms with Crippen molar-refractivity contribution in [1.29, 1.82) is 0 Å². The first-order valence-electron chi connectivity index (χ1n) is 14.4. The molecule has 0 bridgehead atoms. The molecule has 42 heavy (non-hydrogen) atoms. The van der Waals surface area contributed by atoms with Crippen molar-refractivity contribution in [2.24, 2.45) is 25.9 Å². The van der Waals surface area contributed by atoms with Crippen molar-refractivity contribution in [2.45, 2.75) is 69.8 Å². The molecule has 2 aromatic heterocycles. The van der Waals surface area contributed by atoms with Gasteiger partial charge in [-0.1, -0.05) is 59.9 Å². The Morgan fingerprint density at radius 3 is 1.45 bits per heavy atom. The molecule has 0 spiro atoms. The number of hydrogen-bond donors (Lipinski definition) is 0. The Morgan fingerprint density at radius 1 is 0.643 bits per heavy atom. The highest BCUT2D eigenvalue weighted by Crippen LogP contribution is 2.60. The standard InChI is InChI=1S/C32H32N4O4S2/c1-35-21(17-33-31(35)41-19-11-5-3-6-12-19)25-26(22-18-34-32(36(22)2)42-20-13-7-4-8-14-20)28-27(25)29(37)39-23-15-9-10-16-24(23)40-30(28)38/h3-8,11-14,17-18,23-28H,9-10,15-16H2,1-2H3/t23-,24-,25-,26+,27+,28-/m1/s1. The molecular formula is C32H32N4O4S2. The van der Waals surface area contributed by atoms with E-state index >= 15 is 0 Å². The molecular weight excluding hydrogens is 569 g/mol. The van der Waals surface area contributed by atoms with Crippen molar-refractivity contribution in [1.82, 2.24) is 19.1 Å². The number of rotatable bonds is 6. The van der Waals surface area contributed by atoms with Gasteiger partial charge in [-0.25, -0.2) is 9.97 Å². The van der Waals surface area contributed by atoms with Crippen LogP contribution >= 0.6 is 23.5 Å². The van der Waals surface area contributed by atoms with Gasteiger partial charge in [0.05, 0.1) is 11.8 Å². The molecule has 216 valence electrons. The number of benzene rings is 2. The second-order valence-electron chi connectivity index (χ2n) is 11.2. The number of hydrogen-bond acceptors (Lipinski definition) is 8. The molecule has 3 fully saturated rings. The second-order valence-corrected chi connectivity index (χ2v) is 13.3. The van der Waals surface area contributed by atoms with Crippen LogP contribution in [0.5, 0.6) is 0 Å². The average Bonchev–Trinajstić information content (AvgIpc) is 3.51. The molecule has 2 saturated carbocycles. The van der Waals surface area contributed by atoms with Gasteiger partial charge in [0.25, 0.3) is 0 Å². The maximum atomic E-state index is 13.8. The molecule has 8 nitrogen and oxygen atoms in total. The van der Waals surface area contributed by atoms with Gasteiger partial charge in [-0.15, -0.1) is 0 Å². The van der Waals surface area contributed by atoms with E-state index in [9.17, 15) is 9.59 Å². The number of aromatic nitrogens is 4. The van der Waals surface area contributed by atoms with Crippen LogP contribution in [-0.4, -0.2) is 43.2 Å². The lowest BCUT2D eigenvalue weighted by atomic mass is 9.54. The fraction of sp³-hybridized carbons (Fsp3) is 0.375. The zero-order valence-electron chi connectivity index (χ0n) is 23.5. The number of esters is 2. The average molecular weight is 601 g/mol. The van der Waals surface area contributed by atoms with Crippen molar-refractivity contribution in [3.8, 4) is 0 Å². The van der Waals surface area contributed by atoms with Gasteiger partial charge in [-0.05, 0) is 49.9 Å². The van der Waals surface area contributed by atoms with Crippen LogP contribution in [0.3, 0.4) is 0 Å². The van der Waals surface area contributed by atoms with Crippen molar-refractivity contribution in [3.05, 3.63) is 84.4 Å². The normalized spacial score (nSPS) is 27.1. The first-order valence-corrected chi connectivity index (χ1v) is 16.0. The second kappa shape index (κ2) is 11.3. The Bertz CT molecular complexity index is 1490. The molecule has 4 aromatic rings. The minimum Gasteiger partial charge on any atom is -0.458 e. The maximum absolute atomic E-state index is 13.8. The Labute approximate surface area is 253 Å². The molecule has 1 aliphatic heterocycles. The van der Waals surface area contributed by atoms with E-state index in [1.54, 1.807) is 23.5 Å². The summed E-state index contributed by atoms with van der Waals surface area (Å²) in [5.41, 5.74) is 1.78. The molecule has 3 aliphatic rings. The number of fused-ring (bicyclic) bond motifs is 2. The van der Waals surface area contributed by atoms with Crippen LogP contribution < -0.4 is 0 Å². The molecule has 1 saturated heterocycles. The fourth-order valence-electron chi connectivity index (χ4n) is 6.67. The zero-order chi connectivity index (χ0) is 28.8. The molecule has 6 atom stereocenters. The highest BCUT2D eigenvalue weighted by atomic mass is 32.2. The molecule has 0 amide bonds. The molecule has 2 aliphatic carbocycles. The molecule has 0 radical (unpaired) electrons. The quantitative estimate of drug-likeness (QED) is 0.250. The number of nitrogens with zero attached hydrogens (tertiary/aromatic N) is 4. The van der Waals surface area contributed by atoms with E-state index in [0.717, 1.165) is 57.2 Å². The number of imidazole rings is 2. The molecule has 2 aromatic carbocycles. The molecule has 0 unspecified atom stereocenters. The van der Waals surface area contributed by atoms with Gasteiger partial charge in [0, 0.05) is 59.5 Å². The van der Waals surface area contributed by atoms with Crippen LogP contribution in [0.1, 0.15) is 48.9 Å². The third-order valence-corrected chi connectivity index (χ3v) is 11.0. The molecule has 3 heterocycles. The van der Waals surface area contributed by atoms with Crippen LogP contribution in [0.15, 0.2) is 93.2 Å². The highest BCUT2D eigenvalue weighted by molar-refractivity contribution is 7.99. The molecule has 7 rings (SSSR count). The van der Waals surface area contributed by atoms with E-state index in [2.05, 4.69) is 0 Å². The fourth-order valence-corrected chi connectivity index (χ4v) is 8.37. The highest BCUT2D eigenvalue weighted by Gasteiger charge is 2.63. The summed E-state index contributed by atoms with van der Waals surface area (Å²) < 4.78 is 16.3. The summed E-state index contributed by atoms with van der Waals surface area (Å²) in [6, 6.07) is 20.2. The van der Waals surface area contributed by atoms with Gasteiger partial charge in [0.15, 0.2) is 10.3 Å². The zero-order valence-corrected chi connectivity index (χ0v) is 25.1. The van der Waals surface area contributed by atoms with Crippen LogP contribution in [0, 0.1) is 11.8 Å². The summed E-state index contributed by atoms with van der Waals surface area (Å²) in [5, 5.41) is 1.63. The van der Waals surface area contributed by atoms with Gasteiger partial charge in [-0.3, -0.25) is 9.59 Å². The largest absolute Gasteiger partial charge is 0.458 e. The lowest BCUT2D eigenvalue weighted by Crippen LogP contribution is -2.57. The third-order valence-electron chi connectivity index (χ3n) is 8.82. The van der Waals surface area contributed by atoms with Gasteiger partial charge in [-0.2, -0.15) is 0 Å². The molecule has 10 heteroatoms. The maximum Gasteiger partial charge on any atom is 0.310 e. The van der Waals surface area contributed by atoms with Crippen LogP contribution in [-0.2, 0) is 33.2 Å². The van der Waals surface area contributed by atoms with Gasteiger partial charge in [0.1, 0.15) is 12.2 Å². The Hall–Kier alpha value is -3.50. The van der Waals surface area contributed by atoms with Gasteiger partial charge in [0.2, 0.25) is 0 Å². The lowest BCUT2D eigenvalue weighted by Gasteiger charge is -2.51. The first-order chi connectivity index (χ1) is 20.5. The summed E-state index contributed by atoms with van der Waals surface area (Å²) in [5.74, 6) is -2.57. The van der Waals surface area contributed by atoms with Crippen molar-refractivity contribution in [2.75, 3.05) is 0 Å². The van der Waals surface area contributed by atoms with Crippen LogP contribution in [0.25, 0.3) is 0 Å². The summed E-state index contributed by atoms with van der Waals surface area (Å²) in [6.07, 6.45) is 6.30. The first kappa shape index (κ1) is 27.3. The van der Waals surface area contributed by atoms with Crippen molar-refractivity contribution < 1.29 is 19.1 Å². The predicted molar refractivity (Wildman–Crippen MR) is 158 cm³/mol. The summed E-state index contributed by atoms with van der Waals surface area (Å²) in [4.78, 5) is 39.3. The van der Waals surface area contributed by atoms with E-state index in [1.807, 2.05) is 96.3 Å². The summed E-state index contributed by atoms with van der Waals surface area (Å²) >= 11 is 3.14. The van der Waals surface area contributed by atoms with E-state index in [1.165, 1.54) is 0 Å². The SMILES string of the molecule is Cn1c([C@@H]2[C@H]3C(=O)O[C@@H]4CCCC[C@H]4OC(=O)[C@H]3[C@@H]2c2cnc(Sc3ccccc3)n2C)cnc1Sc1ccccc1. The van der Waals surface area contributed by atoms with Crippen LogP contribution in [0.2, 0.25) is 0 Å². The van der Waals surface area contributed by atoms with Gasteiger partial charge >= 0.3 is 11.9 Å². The van der Waals surface area contributed by atoms with E-state index in [-0.39, 0.29) is 36.0 Å². The van der Waals surface area contributed by atoms with Gasteiger partial charge < -0.3 is 18.6 Å². The van der Waals surface area contributed by atoms with Crippen molar-refractivity contribution >= 4 is 35.5 Å². The van der Waals surface area contributed by atoms with E-state index in [0.29, 0.717) is 0 Å². The topological polar surface area (TPSA) is 88.2 Å². The third kappa shape index (κ3) is 4.84. The lowest BCUT2D eigenvalue weighted by molar-refractivity contribution is -0.201. The summed E-state index contributed by atoms with van der Waals surface area (Å²) in [6.45, 7) is 0. The Morgan fingerprint density at radius 2 is 1.05 bits per heavy atom. The summed E-state index contributed by atoms with van der Waals surface area (Å²) in [7, 11) is 3.95. The predicted octanol–water partition coefficient (Wildman–Crippen LogP) is 5.98. The van der Waals surface area contributed by atoms with E-state index < -0.39 is 11.8 Å². The smallest absolute Gasteiger partial charge is 0.310 e. The minimum atomic E-state index is -0.657. The molecule has 0 N–H and O–H groups in total. The Kier molecular flexibility index (Phi) is 7.35. The van der Waals surface area contributed by atoms with E-state index in [4.69, 9.17) is 19.4 Å². The van der Waals surface area contributed by atoms with Crippen LogP contribution in [0.4, 0.5) is 0 Å². The number of ether oxygens (including phenoxy) is 2. The number of carbonyl (C=O) groups is 2. The minimum absolute atomic E-state index is 0.311. The Balaban J connectivity index is 1.27.